The molecule has 1 amide bonds. The molecule has 4 rings (SSSR count). The molecule has 3 aromatic carbocycles. The number of aliphatic carboxylic acids is 1. The molecule has 0 fully saturated rings. The number of benzene rings is 3. The second-order valence-electron chi connectivity index (χ2n) is 7.33. The fraction of sp³-hybridized carbons (Fsp3) is 0.167. The summed E-state index contributed by atoms with van der Waals surface area (Å²) in [6.45, 7) is 2.30. The Hall–Kier alpha value is -3.24. The monoisotopic (exact) mass is 591 g/mol. The molecule has 0 saturated carbocycles. The molecule has 8 nitrogen and oxygen atoms in total. The van der Waals surface area contributed by atoms with E-state index in [9.17, 15) is 14.7 Å². The van der Waals surface area contributed by atoms with Crippen LogP contribution in [0, 0.1) is 0 Å². The van der Waals surface area contributed by atoms with Gasteiger partial charge in [0.05, 0.1) is 20.9 Å². The van der Waals surface area contributed by atoms with Crippen molar-refractivity contribution >= 4 is 49.4 Å². The second-order valence-corrected chi connectivity index (χ2v) is 9.04. The van der Waals surface area contributed by atoms with Crippen LogP contribution in [0.3, 0.4) is 0 Å². The van der Waals surface area contributed by atoms with Gasteiger partial charge in [0.15, 0.2) is 17.2 Å². The number of hydrogen-bond acceptors (Lipinski definition) is 6. The molecule has 1 aliphatic rings. The van der Waals surface area contributed by atoms with Crippen molar-refractivity contribution in [3.8, 4) is 28.7 Å². The molecule has 34 heavy (non-hydrogen) atoms. The van der Waals surface area contributed by atoms with E-state index in [1.54, 1.807) is 30.3 Å². The van der Waals surface area contributed by atoms with Crippen molar-refractivity contribution in [1.82, 2.24) is 0 Å². The number of hydrogen-bond donors (Lipinski definition) is 2. The van der Waals surface area contributed by atoms with Crippen LogP contribution in [-0.4, -0.2) is 35.4 Å². The third kappa shape index (κ3) is 4.97. The molecule has 1 aliphatic heterocycles. The minimum Gasteiger partial charge on any atom is -0.507 e. The van der Waals surface area contributed by atoms with Gasteiger partial charge in [0.2, 0.25) is 6.79 Å². The lowest BCUT2D eigenvalue weighted by Crippen LogP contribution is -2.30. The molecule has 3 aromatic rings. The van der Waals surface area contributed by atoms with Crippen molar-refractivity contribution in [2.75, 3.05) is 18.2 Å². The van der Waals surface area contributed by atoms with Crippen molar-refractivity contribution < 1.29 is 34.0 Å². The van der Waals surface area contributed by atoms with Crippen LogP contribution in [0.2, 0.25) is 0 Å². The number of amides is 1. The maximum absolute atomic E-state index is 13.3. The number of anilines is 1. The molecule has 2 N–H and O–H groups in total. The molecule has 1 heterocycles. The van der Waals surface area contributed by atoms with Gasteiger partial charge in [-0.25, -0.2) is 0 Å². The van der Waals surface area contributed by atoms with Crippen LogP contribution >= 0.6 is 31.9 Å². The third-order valence-electron chi connectivity index (χ3n) is 5.06. The van der Waals surface area contributed by atoms with Gasteiger partial charge in [-0.1, -0.05) is 0 Å². The summed E-state index contributed by atoms with van der Waals surface area (Å²) < 4.78 is 17.8. The number of phenols is 1. The summed E-state index contributed by atoms with van der Waals surface area (Å²) in [5.74, 6) is 0.321. The molecule has 10 heteroatoms. The molecule has 0 aromatic heterocycles. The maximum atomic E-state index is 13.3. The van der Waals surface area contributed by atoms with Crippen LogP contribution in [0.4, 0.5) is 5.69 Å². The van der Waals surface area contributed by atoms with Crippen LogP contribution in [0.1, 0.15) is 22.8 Å². The van der Waals surface area contributed by atoms with Gasteiger partial charge < -0.3 is 29.3 Å². The third-order valence-corrected chi connectivity index (χ3v) is 6.24. The van der Waals surface area contributed by atoms with Gasteiger partial charge in [-0.3, -0.25) is 9.59 Å². The highest BCUT2D eigenvalue weighted by molar-refractivity contribution is 9.11. The summed E-state index contributed by atoms with van der Waals surface area (Å²) in [6.07, 6.45) is -0.137. The number of carbonyl (C=O) groups is 2. The second kappa shape index (κ2) is 9.94. The van der Waals surface area contributed by atoms with Crippen molar-refractivity contribution in [1.29, 1.82) is 0 Å². The van der Waals surface area contributed by atoms with Gasteiger partial charge in [0.1, 0.15) is 11.5 Å². The average molecular weight is 593 g/mol. The fourth-order valence-electron chi connectivity index (χ4n) is 3.50. The Labute approximate surface area is 211 Å². The van der Waals surface area contributed by atoms with E-state index in [1.165, 1.54) is 23.1 Å². The number of ether oxygens (including phenoxy) is 3. The average Bonchev–Trinajstić information content (AvgIpc) is 3.25. The molecule has 0 aliphatic carbocycles. The van der Waals surface area contributed by atoms with Gasteiger partial charge in [0, 0.05) is 18.3 Å². The van der Waals surface area contributed by atoms with Crippen molar-refractivity contribution in [2.45, 2.75) is 13.3 Å². The van der Waals surface area contributed by atoms with E-state index >= 15 is 0 Å². The molecule has 0 spiro atoms. The van der Waals surface area contributed by atoms with E-state index in [4.69, 9.17) is 19.3 Å². The number of rotatable bonds is 7. The van der Waals surface area contributed by atoms with E-state index < -0.39 is 11.9 Å². The number of carboxylic acids is 1. The highest BCUT2D eigenvalue weighted by Gasteiger charge is 2.23. The molecule has 176 valence electrons. The van der Waals surface area contributed by atoms with E-state index in [-0.39, 0.29) is 24.5 Å². The zero-order chi connectivity index (χ0) is 24.4. The van der Waals surface area contributed by atoms with E-state index in [1.807, 2.05) is 6.92 Å². The summed E-state index contributed by atoms with van der Waals surface area (Å²) >= 11 is 6.80. The summed E-state index contributed by atoms with van der Waals surface area (Å²) in [5.41, 5.74) is 1.25. The fourth-order valence-corrected chi connectivity index (χ4v) is 4.94. The zero-order valence-electron chi connectivity index (χ0n) is 17.9. The number of aromatic hydroxyl groups is 1. The van der Waals surface area contributed by atoms with Gasteiger partial charge in [0.25, 0.3) is 5.91 Å². The number of halogens is 2. The molecule has 0 unspecified atom stereocenters. The maximum Gasteiger partial charge on any atom is 0.307 e. The summed E-state index contributed by atoms with van der Waals surface area (Å²) in [6, 6.07) is 12.9. The SMILES string of the molecule is CCN(C(=O)c1cc(Oc2c(Br)cc(CC(=O)O)cc2Br)ccc1O)c1ccc2c(c1)OCO2. The molecular weight excluding hydrogens is 574 g/mol. The number of phenolic OH excluding ortho intramolecular Hbond substituents is 1. The van der Waals surface area contributed by atoms with Crippen LogP contribution in [-0.2, 0) is 11.2 Å². The lowest BCUT2D eigenvalue weighted by Gasteiger charge is -2.22. The van der Waals surface area contributed by atoms with E-state index in [0.717, 1.165) is 0 Å². The summed E-state index contributed by atoms with van der Waals surface area (Å²) in [4.78, 5) is 25.9. The Balaban J connectivity index is 1.62. The van der Waals surface area contributed by atoms with Crippen LogP contribution in [0.25, 0.3) is 0 Å². The summed E-state index contributed by atoms with van der Waals surface area (Å²) in [7, 11) is 0. The van der Waals surface area contributed by atoms with E-state index in [0.29, 0.717) is 49.7 Å². The predicted molar refractivity (Wildman–Crippen MR) is 131 cm³/mol. The van der Waals surface area contributed by atoms with E-state index in [2.05, 4.69) is 31.9 Å². The smallest absolute Gasteiger partial charge is 0.307 e. The van der Waals surface area contributed by atoms with Gasteiger partial charge >= 0.3 is 5.97 Å². The standard InChI is InChI=1S/C24H19Br2NO7/c1-2-27(14-3-6-20-21(10-14)33-12-32-20)24(31)16-11-15(4-5-19(16)28)34-23-17(25)7-13(8-18(23)26)9-22(29)30/h3-8,10-11,28H,2,9,12H2,1H3,(H,29,30). The minimum atomic E-state index is -0.947. The first-order valence-corrected chi connectivity index (χ1v) is 11.8. The Morgan fingerprint density at radius 1 is 1.03 bits per heavy atom. The lowest BCUT2D eigenvalue weighted by molar-refractivity contribution is -0.136. The van der Waals surface area contributed by atoms with Crippen LogP contribution in [0.15, 0.2) is 57.5 Å². The lowest BCUT2D eigenvalue weighted by atomic mass is 10.1. The number of carboxylic acid groups (broad SMARTS) is 1. The molecule has 0 saturated heterocycles. The molecule has 0 radical (unpaired) electrons. The number of carbonyl (C=O) groups excluding carboxylic acids is 1. The molecule has 0 atom stereocenters. The topological polar surface area (TPSA) is 106 Å². The first kappa shape index (κ1) is 23.9. The van der Waals surface area contributed by atoms with Crippen molar-refractivity contribution in [3.63, 3.8) is 0 Å². The largest absolute Gasteiger partial charge is 0.507 e. The Bertz CT molecular complexity index is 1260. The number of nitrogens with zero attached hydrogens (tertiary/aromatic N) is 1. The van der Waals surface area contributed by atoms with Gasteiger partial charge in [-0.05, 0) is 86.8 Å². The molecular formula is C24H19Br2NO7. The Kier molecular flexibility index (Phi) is 6.99. The minimum absolute atomic E-state index is 0.0618. The Morgan fingerprint density at radius 3 is 2.41 bits per heavy atom. The van der Waals surface area contributed by atoms with Crippen LogP contribution < -0.4 is 19.1 Å². The van der Waals surface area contributed by atoms with Gasteiger partial charge in [-0.15, -0.1) is 0 Å². The van der Waals surface area contributed by atoms with Crippen molar-refractivity contribution in [2.24, 2.45) is 0 Å². The first-order valence-electron chi connectivity index (χ1n) is 10.2. The van der Waals surface area contributed by atoms with Crippen molar-refractivity contribution in [3.05, 3.63) is 68.6 Å². The predicted octanol–water partition coefficient (Wildman–Crippen LogP) is 5.73. The quantitative estimate of drug-likeness (QED) is 0.361. The first-order chi connectivity index (χ1) is 16.3. The highest BCUT2D eigenvalue weighted by Crippen LogP contribution is 2.40. The van der Waals surface area contributed by atoms with Gasteiger partial charge in [-0.2, -0.15) is 0 Å². The normalized spacial score (nSPS) is 11.9. The Morgan fingerprint density at radius 2 is 1.74 bits per heavy atom. The summed E-state index contributed by atoms with van der Waals surface area (Å²) in [5, 5.41) is 19.4. The number of fused-ring (bicyclic) bond motifs is 1. The molecule has 0 bridgehead atoms. The zero-order valence-corrected chi connectivity index (χ0v) is 21.1. The van der Waals surface area contributed by atoms with Crippen LogP contribution in [0.5, 0.6) is 28.7 Å². The highest BCUT2D eigenvalue weighted by atomic mass is 79.9.